The quantitative estimate of drug-likeness (QED) is 0.484. The van der Waals surface area contributed by atoms with Crippen molar-refractivity contribution in [3.8, 4) is 11.1 Å². The van der Waals surface area contributed by atoms with Crippen molar-refractivity contribution in [1.29, 1.82) is 0 Å². The van der Waals surface area contributed by atoms with Crippen LogP contribution in [0, 0.1) is 6.92 Å². The molecule has 0 fully saturated rings. The Morgan fingerprint density at radius 2 is 1.59 bits per heavy atom. The maximum atomic E-state index is 12.7. The first kappa shape index (κ1) is 20.2. The Kier molecular flexibility index (Phi) is 5.89. The van der Waals surface area contributed by atoms with Crippen LogP contribution >= 0.6 is 46.4 Å². The summed E-state index contributed by atoms with van der Waals surface area (Å²) >= 11 is 24.1. The van der Waals surface area contributed by atoms with Crippen LogP contribution in [0.25, 0.3) is 11.1 Å². The molecular formula is C18H12Cl4N2O2S. The van der Waals surface area contributed by atoms with Gasteiger partial charge in [-0.3, -0.25) is 4.72 Å². The molecule has 1 heterocycles. The zero-order valence-corrected chi connectivity index (χ0v) is 17.6. The number of pyridine rings is 1. The molecule has 0 aliphatic carbocycles. The molecule has 2 aromatic carbocycles. The molecule has 0 saturated carbocycles. The Morgan fingerprint density at radius 3 is 2.19 bits per heavy atom. The highest BCUT2D eigenvalue weighted by Gasteiger charge is 2.22. The monoisotopic (exact) mass is 460 g/mol. The van der Waals surface area contributed by atoms with Gasteiger partial charge in [0.25, 0.3) is 10.0 Å². The number of nitrogens with zero attached hydrogens (tertiary/aromatic N) is 1. The fraction of sp³-hybridized carbons (Fsp3) is 0.0556. The molecule has 1 N–H and O–H groups in total. The average Bonchev–Trinajstić information content (AvgIpc) is 2.54. The summed E-state index contributed by atoms with van der Waals surface area (Å²) in [5.41, 5.74) is 1.89. The molecular weight excluding hydrogens is 450 g/mol. The third kappa shape index (κ3) is 4.50. The second-order valence-corrected chi connectivity index (χ2v) is 9.00. The molecule has 4 nitrogen and oxygen atoms in total. The van der Waals surface area contributed by atoms with Crippen LogP contribution in [0.5, 0.6) is 0 Å². The SMILES string of the molecule is Cc1cc(Cl)cc(Cl)c1S(=O)(=O)Nc1ccc(-c2ccc(Cl)cc2Cl)cn1. The van der Waals surface area contributed by atoms with Gasteiger partial charge in [-0.25, -0.2) is 13.4 Å². The molecule has 0 amide bonds. The van der Waals surface area contributed by atoms with Crippen molar-refractivity contribution in [1.82, 2.24) is 4.98 Å². The first-order valence-corrected chi connectivity index (χ1v) is 10.6. The molecule has 0 saturated heterocycles. The van der Waals surface area contributed by atoms with Gasteiger partial charge in [0.05, 0.1) is 5.02 Å². The predicted octanol–water partition coefficient (Wildman–Crippen LogP) is 6.47. The minimum Gasteiger partial charge on any atom is -0.263 e. The molecule has 27 heavy (non-hydrogen) atoms. The van der Waals surface area contributed by atoms with Crippen molar-refractivity contribution in [2.24, 2.45) is 0 Å². The maximum absolute atomic E-state index is 12.7. The maximum Gasteiger partial charge on any atom is 0.264 e. The summed E-state index contributed by atoms with van der Waals surface area (Å²) in [4.78, 5) is 4.11. The van der Waals surface area contributed by atoms with E-state index < -0.39 is 10.0 Å². The van der Waals surface area contributed by atoms with Gasteiger partial charge in [0, 0.05) is 32.4 Å². The normalized spacial score (nSPS) is 11.4. The van der Waals surface area contributed by atoms with Crippen LogP contribution in [0.3, 0.4) is 0 Å². The molecule has 0 spiro atoms. The zero-order chi connectivity index (χ0) is 19.8. The van der Waals surface area contributed by atoms with Crippen molar-refractivity contribution < 1.29 is 8.42 Å². The first-order chi connectivity index (χ1) is 12.7. The van der Waals surface area contributed by atoms with Crippen molar-refractivity contribution in [2.45, 2.75) is 11.8 Å². The minimum absolute atomic E-state index is 0.0390. The summed E-state index contributed by atoms with van der Waals surface area (Å²) in [6.45, 7) is 1.62. The Labute approximate surface area is 177 Å². The first-order valence-electron chi connectivity index (χ1n) is 7.57. The Balaban J connectivity index is 1.90. The minimum atomic E-state index is -3.93. The number of benzene rings is 2. The number of halogens is 4. The van der Waals surface area contributed by atoms with Crippen molar-refractivity contribution in [2.75, 3.05) is 4.72 Å². The Hall–Kier alpha value is -1.50. The summed E-state index contributed by atoms with van der Waals surface area (Å²) in [5, 5.41) is 1.40. The summed E-state index contributed by atoms with van der Waals surface area (Å²) in [7, 11) is -3.93. The molecule has 0 bridgehead atoms. The molecule has 3 rings (SSSR count). The molecule has 0 aliphatic rings. The van der Waals surface area contributed by atoms with Gasteiger partial charge in [0.1, 0.15) is 10.7 Å². The highest BCUT2D eigenvalue weighted by Crippen LogP contribution is 2.32. The molecule has 9 heteroatoms. The van der Waals surface area contributed by atoms with Gasteiger partial charge in [0.2, 0.25) is 0 Å². The van der Waals surface area contributed by atoms with Gasteiger partial charge < -0.3 is 0 Å². The Morgan fingerprint density at radius 1 is 0.889 bits per heavy atom. The standard InChI is InChI=1S/C18H12Cl4N2O2S/c1-10-6-13(20)8-16(22)18(10)27(25,26)24-17-5-2-11(9-23-17)14-4-3-12(19)7-15(14)21/h2-9H,1H3,(H,23,24). The third-order valence-corrected chi connectivity index (χ3v) is 6.44. The molecule has 3 aromatic rings. The number of rotatable bonds is 4. The van der Waals surface area contributed by atoms with E-state index in [1.165, 1.54) is 24.4 Å². The van der Waals surface area contributed by atoms with Gasteiger partial charge in [-0.15, -0.1) is 0 Å². The van der Waals surface area contributed by atoms with E-state index >= 15 is 0 Å². The van der Waals surface area contributed by atoms with E-state index in [1.54, 1.807) is 31.2 Å². The highest BCUT2D eigenvalue weighted by molar-refractivity contribution is 7.92. The number of aromatic nitrogens is 1. The van der Waals surface area contributed by atoms with E-state index in [0.717, 1.165) is 11.1 Å². The molecule has 0 aliphatic heterocycles. The lowest BCUT2D eigenvalue weighted by atomic mass is 10.1. The topological polar surface area (TPSA) is 59.1 Å². The second kappa shape index (κ2) is 7.86. The number of nitrogens with one attached hydrogen (secondary N) is 1. The van der Waals surface area contributed by atoms with E-state index in [9.17, 15) is 8.42 Å². The Bertz CT molecular complexity index is 1090. The van der Waals surface area contributed by atoms with E-state index in [2.05, 4.69) is 9.71 Å². The highest BCUT2D eigenvalue weighted by atomic mass is 35.5. The lowest BCUT2D eigenvalue weighted by Crippen LogP contribution is -2.15. The van der Waals surface area contributed by atoms with Gasteiger partial charge in [-0.05, 0) is 48.9 Å². The third-order valence-electron chi connectivity index (χ3n) is 3.71. The van der Waals surface area contributed by atoms with E-state index in [0.29, 0.717) is 20.6 Å². The van der Waals surface area contributed by atoms with E-state index in [4.69, 9.17) is 46.4 Å². The molecule has 0 unspecified atom stereocenters. The summed E-state index contributed by atoms with van der Waals surface area (Å²) in [6.07, 6.45) is 1.52. The van der Waals surface area contributed by atoms with Crippen molar-refractivity contribution in [3.63, 3.8) is 0 Å². The van der Waals surface area contributed by atoms with Crippen LogP contribution in [0.15, 0.2) is 53.6 Å². The summed E-state index contributed by atoms with van der Waals surface area (Å²) in [5.74, 6) is 0.147. The van der Waals surface area contributed by atoms with Crippen LogP contribution in [-0.4, -0.2) is 13.4 Å². The smallest absolute Gasteiger partial charge is 0.263 e. The van der Waals surface area contributed by atoms with Crippen LogP contribution in [0.4, 0.5) is 5.82 Å². The molecule has 0 atom stereocenters. The van der Waals surface area contributed by atoms with Crippen molar-refractivity contribution in [3.05, 3.63) is 74.3 Å². The predicted molar refractivity (Wildman–Crippen MR) is 112 cm³/mol. The van der Waals surface area contributed by atoms with E-state index in [1.807, 2.05) is 0 Å². The van der Waals surface area contributed by atoms with Gasteiger partial charge in [-0.1, -0.05) is 52.5 Å². The second-order valence-electron chi connectivity index (χ2n) is 5.70. The van der Waals surface area contributed by atoms with Gasteiger partial charge in [-0.2, -0.15) is 0 Å². The van der Waals surface area contributed by atoms with Crippen LogP contribution < -0.4 is 4.72 Å². The molecule has 140 valence electrons. The molecule has 1 aromatic heterocycles. The number of anilines is 1. The summed E-state index contributed by atoms with van der Waals surface area (Å²) in [6, 6.07) is 11.3. The average molecular weight is 462 g/mol. The fourth-order valence-electron chi connectivity index (χ4n) is 2.56. The van der Waals surface area contributed by atoms with Crippen LogP contribution in [0.2, 0.25) is 20.1 Å². The number of sulfonamides is 1. The fourth-order valence-corrected chi connectivity index (χ4v) is 5.27. The summed E-state index contributed by atoms with van der Waals surface area (Å²) < 4.78 is 27.8. The van der Waals surface area contributed by atoms with E-state index in [-0.39, 0.29) is 15.7 Å². The van der Waals surface area contributed by atoms with Crippen molar-refractivity contribution >= 4 is 62.2 Å². The van der Waals surface area contributed by atoms with Gasteiger partial charge in [0.15, 0.2) is 0 Å². The number of hydrogen-bond donors (Lipinski definition) is 1. The zero-order valence-electron chi connectivity index (χ0n) is 13.8. The molecule has 0 radical (unpaired) electrons. The number of hydrogen-bond acceptors (Lipinski definition) is 3. The number of aryl methyl sites for hydroxylation is 1. The van der Waals surface area contributed by atoms with Gasteiger partial charge >= 0.3 is 0 Å². The largest absolute Gasteiger partial charge is 0.264 e. The lowest BCUT2D eigenvalue weighted by Gasteiger charge is -2.12. The van der Waals surface area contributed by atoms with Crippen LogP contribution in [0.1, 0.15) is 5.56 Å². The van der Waals surface area contributed by atoms with Crippen LogP contribution in [-0.2, 0) is 10.0 Å². The lowest BCUT2D eigenvalue weighted by molar-refractivity contribution is 0.600.